The van der Waals surface area contributed by atoms with Crippen LogP contribution in [0, 0.1) is 12.8 Å². The standard InChI is InChI=1S/C22H30N2O3/c1-4-25-21-11-17-9-15(3)26-22(17)12-18(21)13-23-20-7-5-6-16(20)10-19-8-14(2)24-27-19/h8,11-12,15-16,20,23H,4-7,9-10,13H2,1-3H3/t15-,16-,20+/m0/s1. The fraction of sp³-hybridized carbons (Fsp3) is 0.591. The molecule has 1 fully saturated rings. The van der Waals surface area contributed by atoms with Gasteiger partial charge in [0.1, 0.15) is 23.4 Å². The van der Waals surface area contributed by atoms with Crippen molar-refractivity contribution >= 4 is 0 Å². The lowest BCUT2D eigenvalue weighted by atomic mass is 9.97. The molecule has 0 bridgehead atoms. The van der Waals surface area contributed by atoms with Crippen molar-refractivity contribution in [3.8, 4) is 11.5 Å². The Bertz CT molecular complexity index is 786. The topological polar surface area (TPSA) is 56.5 Å². The minimum Gasteiger partial charge on any atom is -0.494 e. The van der Waals surface area contributed by atoms with E-state index in [1.54, 1.807) is 0 Å². The molecule has 1 N–H and O–H groups in total. The molecular formula is C22H30N2O3. The molecule has 146 valence electrons. The highest BCUT2D eigenvalue weighted by Crippen LogP contribution is 2.36. The lowest BCUT2D eigenvalue weighted by Gasteiger charge is -2.21. The second kappa shape index (κ2) is 7.93. The Hall–Kier alpha value is -2.01. The summed E-state index contributed by atoms with van der Waals surface area (Å²) in [5.41, 5.74) is 3.40. The van der Waals surface area contributed by atoms with E-state index in [2.05, 4.69) is 35.6 Å². The van der Waals surface area contributed by atoms with E-state index in [0.29, 0.717) is 18.6 Å². The lowest BCUT2D eigenvalue weighted by Crippen LogP contribution is -2.33. The summed E-state index contributed by atoms with van der Waals surface area (Å²) in [7, 11) is 0. The van der Waals surface area contributed by atoms with Crippen molar-refractivity contribution in [1.29, 1.82) is 0 Å². The average molecular weight is 370 g/mol. The van der Waals surface area contributed by atoms with Crippen LogP contribution in [0.25, 0.3) is 0 Å². The lowest BCUT2D eigenvalue weighted by molar-refractivity contribution is 0.254. The molecule has 1 aliphatic heterocycles. The number of hydrogen-bond acceptors (Lipinski definition) is 5. The molecular weight excluding hydrogens is 340 g/mol. The van der Waals surface area contributed by atoms with Crippen LogP contribution in [0.1, 0.15) is 55.7 Å². The summed E-state index contributed by atoms with van der Waals surface area (Å²) in [5.74, 6) is 3.60. The zero-order chi connectivity index (χ0) is 18.8. The van der Waals surface area contributed by atoms with E-state index in [4.69, 9.17) is 14.0 Å². The van der Waals surface area contributed by atoms with Crippen LogP contribution in [-0.2, 0) is 19.4 Å². The van der Waals surface area contributed by atoms with Crippen LogP contribution in [0.5, 0.6) is 11.5 Å². The van der Waals surface area contributed by atoms with Gasteiger partial charge in [0.2, 0.25) is 0 Å². The van der Waals surface area contributed by atoms with Gasteiger partial charge >= 0.3 is 0 Å². The molecule has 27 heavy (non-hydrogen) atoms. The van der Waals surface area contributed by atoms with E-state index in [1.807, 2.05) is 13.8 Å². The summed E-state index contributed by atoms with van der Waals surface area (Å²) in [6, 6.07) is 6.89. The van der Waals surface area contributed by atoms with Gasteiger partial charge in [0, 0.05) is 42.6 Å². The van der Waals surface area contributed by atoms with Crippen LogP contribution >= 0.6 is 0 Å². The summed E-state index contributed by atoms with van der Waals surface area (Å²) in [6.45, 7) is 7.61. The summed E-state index contributed by atoms with van der Waals surface area (Å²) >= 11 is 0. The largest absolute Gasteiger partial charge is 0.494 e. The average Bonchev–Trinajstić information content (AvgIpc) is 3.33. The zero-order valence-corrected chi connectivity index (χ0v) is 16.6. The Morgan fingerprint density at radius 3 is 2.93 bits per heavy atom. The van der Waals surface area contributed by atoms with Crippen molar-refractivity contribution < 1.29 is 14.0 Å². The molecule has 5 heteroatoms. The fourth-order valence-electron chi connectivity index (χ4n) is 4.47. The first-order chi connectivity index (χ1) is 13.1. The molecule has 2 heterocycles. The molecule has 0 radical (unpaired) electrons. The van der Waals surface area contributed by atoms with Crippen LogP contribution in [-0.4, -0.2) is 23.9 Å². The van der Waals surface area contributed by atoms with Crippen LogP contribution in [0.15, 0.2) is 22.7 Å². The van der Waals surface area contributed by atoms with E-state index in [1.165, 1.54) is 30.4 Å². The quantitative estimate of drug-likeness (QED) is 0.791. The first-order valence-electron chi connectivity index (χ1n) is 10.2. The molecule has 2 aromatic rings. The first-order valence-corrected chi connectivity index (χ1v) is 10.2. The monoisotopic (exact) mass is 370 g/mol. The highest BCUT2D eigenvalue weighted by atomic mass is 16.5. The maximum Gasteiger partial charge on any atom is 0.137 e. The Morgan fingerprint density at radius 2 is 2.15 bits per heavy atom. The van der Waals surface area contributed by atoms with Crippen LogP contribution in [0.3, 0.4) is 0 Å². The molecule has 1 aromatic heterocycles. The molecule has 4 rings (SSSR count). The summed E-state index contributed by atoms with van der Waals surface area (Å²) < 4.78 is 17.3. The fourth-order valence-corrected chi connectivity index (χ4v) is 4.47. The maximum absolute atomic E-state index is 5.95. The molecule has 5 nitrogen and oxygen atoms in total. The molecule has 2 aliphatic rings. The van der Waals surface area contributed by atoms with Gasteiger partial charge in [-0.15, -0.1) is 0 Å². The first kappa shape index (κ1) is 18.4. The number of nitrogens with one attached hydrogen (secondary N) is 1. The maximum atomic E-state index is 5.95. The van der Waals surface area contributed by atoms with Crippen molar-refractivity contribution in [2.75, 3.05) is 6.61 Å². The van der Waals surface area contributed by atoms with Gasteiger partial charge in [-0.2, -0.15) is 0 Å². The minimum atomic E-state index is 0.252. The van der Waals surface area contributed by atoms with Crippen molar-refractivity contribution in [2.24, 2.45) is 5.92 Å². The molecule has 1 aliphatic carbocycles. The summed E-state index contributed by atoms with van der Waals surface area (Å²) in [4.78, 5) is 0. The van der Waals surface area contributed by atoms with Gasteiger partial charge in [-0.05, 0) is 51.7 Å². The van der Waals surface area contributed by atoms with Gasteiger partial charge in [-0.3, -0.25) is 0 Å². The second-order valence-corrected chi connectivity index (χ2v) is 7.95. The second-order valence-electron chi connectivity index (χ2n) is 7.95. The zero-order valence-electron chi connectivity index (χ0n) is 16.6. The molecule has 0 amide bonds. The Balaban J connectivity index is 1.43. The van der Waals surface area contributed by atoms with Gasteiger partial charge in [-0.1, -0.05) is 11.6 Å². The Labute approximate surface area is 161 Å². The number of rotatable bonds is 7. The normalized spacial score (nSPS) is 24.0. The summed E-state index contributed by atoms with van der Waals surface area (Å²) in [5, 5.41) is 7.80. The third-order valence-electron chi connectivity index (χ3n) is 5.73. The molecule has 0 unspecified atom stereocenters. The van der Waals surface area contributed by atoms with E-state index in [0.717, 1.165) is 42.3 Å². The van der Waals surface area contributed by atoms with E-state index in [9.17, 15) is 0 Å². The summed E-state index contributed by atoms with van der Waals surface area (Å²) in [6.07, 6.45) is 5.88. The van der Waals surface area contributed by atoms with Crippen LogP contribution < -0.4 is 14.8 Å². The third-order valence-corrected chi connectivity index (χ3v) is 5.73. The van der Waals surface area contributed by atoms with Crippen molar-refractivity contribution in [3.05, 3.63) is 40.8 Å². The predicted octanol–water partition coefficient (Wildman–Crippen LogP) is 4.21. The van der Waals surface area contributed by atoms with Crippen LogP contribution in [0.4, 0.5) is 0 Å². The molecule has 3 atom stereocenters. The minimum absolute atomic E-state index is 0.252. The number of aryl methyl sites for hydroxylation is 1. The van der Waals surface area contributed by atoms with Crippen molar-refractivity contribution in [3.63, 3.8) is 0 Å². The van der Waals surface area contributed by atoms with Gasteiger partial charge in [0.15, 0.2) is 0 Å². The Kier molecular flexibility index (Phi) is 5.39. The van der Waals surface area contributed by atoms with Gasteiger partial charge in [0.25, 0.3) is 0 Å². The van der Waals surface area contributed by atoms with E-state index >= 15 is 0 Å². The third kappa shape index (κ3) is 4.13. The van der Waals surface area contributed by atoms with Crippen molar-refractivity contribution in [1.82, 2.24) is 10.5 Å². The molecule has 1 saturated carbocycles. The van der Waals surface area contributed by atoms with E-state index in [-0.39, 0.29) is 6.10 Å². The van der Waals surface area contributed by atoms with Gasteiger partial charge < -0.3 is 19.3 Å². The van der Waals surface area contributed by atoms with Crippen LogP contribution in [0.2, 0.25) is 0 Å². The molecule has 0 saturated heterocycles. The number of aromatic nitrogens is 1. The van der Waals surface area contributed by atoms with Gasteiger partial charge in [0.05, 0.1) is 12.3 Å². The predicted molar refractivity (Wildman–Crippen MR) is 104 cm³/mol. The smallest absolute Gasteiger partial charge is 0.137 e. The highest BCUT2D eigenvalue weighted by Gasteiger charge is 2.29. The molecule has 1 aromatic carbocycles. The molecule has 0 spiro atoms. The SMILES string of the molecule is CCOc1cc2c(cc1CN[C@@H]1CCC[C@H]1Cc1cc(C)no1)O[C@@H](C)C2. The number of fused-ring (bicyclic) bond motifs is 1. The van der Waals surface area contributed by atoms with Gasteiger partial charge in [-0.25, -0.2) is 0 Å². The number of ether oxygens (including phenoxy) is 2. The van der Waals surface area contributed by atoms with E-state index < -0.39 is 0 Å². The number of hydrogen-bond donors (Lipinski definition) is 1. The van der Waals surface area contributed by atoms with Crippen molar-refractivity contribution in [2.45, 2.75) is 71.6 Å². The number of benzene rings is 1. The highest BCUT2D eigenvalue weighted by molar-refractivity contribution is 5.48. The number of nitrogens with zero attached hydrogens (tertiary/aromatic N) is 1. The Morgan fingerprint density at radius 1 is 1.26 bits per heavy atom.